The molecule has 238 valence electrons. The van der Waals surface area contributed by atoms with E-state index in [1.807, 2.05) is 60.7 Å². The van der Waals surface area contributed by atoms with Crippen molar-refractivity contribution in [3.63, 3.8) is 0 Å². The Labute approximate surface area is 277 Å². The molecule has 2 nitrogen and oxygen atoms in total. The molecule has 5 aromatic rings. The topological polar surface area (TPSA) is 29.4 Å². The molecule has 5 rings (SSSR count). The van der Waals surface area contributed by atoms with Crippen molar-refractivity contribution in [3.05, 3.63) is 150 Å². The number of rotatable bonds is 6. The van der Waals surface area contributed by atoms with Crippen molar-refractivity contribution in [1.29, 1.82) is 0 Å². The first-order valence-electron chi connectivity index (χ1n) is 16.2. The fourth-order valence-electron chi connectivity index (χ4n) is 5.84. The monoisotopic (exact) mass is 645 g/mol. The minimum absolute atomic E-state index is 0.00284. The predicted octanol–water partition coefficient (Wildman–Crippen LogP) is 9.99. The van der Waals surface area contributed by atoms with E-state index in [0.717, 1.165) is 26.5 Å². The molecule has 0 amide bonds. The summed E-state index contributed by atoms with van der Waals surface area (Å²) in [5, 5.41) is 4.78. The fourth-order valence-corrected chi connectivity index (χ4v) is 13.5. The number of hydrogen-bond acceptors (Lipinski definition) is 1. The molecule has 0 saturated carbocycles. The Morgan fingerprint density at radius 3 is 0.870 bits per heavy atom. The Bertz CT molecular complexity index is 1680. The molecule has 0 aliphatic carbocycles. The second-order valence-corrected chi connectivity index (χ2v) is 21.1. The van der Waals surface area contributed by atoms with Crippen molar-refractivity contribution >= 4 is 40.9 Å². The molecule has 0 aliphatic rings. The third-order valence-electron chi connectivity index (χ3n) is 8.79. The Hall–Kier alpha value is -3.44. The van der Waals surface area contributed by atoms with Crippen LogP contribution in [0.25, 0.3) is 0 Å². The lowest BCUT2D eigenvalue weighted by atomic mass is 9.87. The molecule has 0 fully saturated rings. The van der Waals surface area contributed by atoms with Gasteiger partial charge in [-0.05, 0) is 57.2 Å². The van der Waals surface area contributed by atoms with Crippen LogP contribution >= 0.6 is 14.3 Å². The van der Waals surface area contributed by atoms with E-state index in [-0.39, 0.29) is 16.2 Å². The molecular weight excluding hydrogens is 596 g/mol. The zero-order valence-electron chi connectivity index (χ0n) is 29.0. The Balaban J connectivity index is 1.97. The molecule has 0 N–H and O–H groups in total. The summed E-state index contributed by atoms with van der Waals surface area (Å²) < 4.78 is 21.7. The molecule has 5 aromatic carbocycles. The van der Waals surface area contributed by atoms with E-state index < -0.39 is 14.3 Å². The van der Waals surface area contributed by atoms with E-state index in [1.165, 1.54) is 16.7 Å². The summed E-state index contributed by atoms with van der Waals surface area (Å²) in [7, 11) is -6.36. The average Bonchev–Trinajstić information content (AvgIpc) is 3.03. The lowest BCUT2D eigenvalue weighted by molar-refractivity contribution is 0.588. The number of benzene rings is 5. The second-order valence-electron chi connectivity index (χ2n) is 15.4. The van der Waals surface area contributed by atoms with Crippen LogP contribution in [-0.4, -0.2) is 0 Å². The first kappa shape index (κ1) is 33.9. The van der Waals surface area contributed by atoms with Crippen molar-refractivity contribution < 1.29 is 4.57 Å². The maximum absolute atomic E-state index is 15.9. The van der Waals surface area contributed by atoms with E-state index >= 15 is 4.57 Å². The van der Waals surface area contributed by atoms with Crippen LogP contribution < -0.4 is 26.5 Å². The van der Waals surface area contributed by atoms with Crippen LogP contribution in [0, 0.1) is 0 Å². The number of hydrogen-bond donors (Lipinski definition) is 0. The lowest BCUT2D eigenvalue weighted by Gasteiger charge is -2.31. The Kier molecular flexibility index (Phi) is 9.31. The first-order valence-corrected chi connectivity index (χ1v) is 19.6. The normalized spacial score (nSPS) is 13.0. The summed E-state index contributed by atoms with van der Waals surface area (Å²) >= 11 is 0. The van der Waals surface area contributed by atoms with Crippen LogP contribution in [0.1, 0.15) is 79.0 Å². The van der Waals surface area contributed by atoms with Gasteiger partial charge in [0.25, 0.3) is 0 Å². The van der Waals surface area contributed by atoms with Gasteiger partial charge in [0.2, 0.25) is 7.29 Å². The summed E-state index contributed by atoms with van der Waals surface area (Å²) in [6.07, 6.45) is 0. The maximum atomic E-state index is 15.9. The van der Waals surface area contributed by atoms with Gasteiger partial charge in [0.1, 0.15) is 0 Å². The predicted molar refractivity (Wildman–Crippen MR) is 203 cm³/mol. The second kappa shape index (κ2) is 12.6. The van der Waals surface area contributed by atoms with Crippen LogP contribution in [0.3, 0.4) is 0 Å². The van der Waals surface area contributed by atoms with Crippen LogP contribution in [0.5, 0.6) is 0 Å². The summed E-state index contributed by atoms with van der Waals surface area (Å²) in [5.74, 6) is 0. The molecule has 0 spiro atoms. The Morgan fingerprint density at radius 1 is 0.370 bits per heavy atom. The molecule has 0 unspecified atom stereocenters. The van der Waals surface area contributed by atoms with Gasteiger partial charge in [0.05, 0.1) is 7.05 Å². The van der Waals surface area contributed by atoms with Crippen LogP contribution in [-0.2, 0) is 20.8 Å². The van der Waals surface area contributed by atoms with Gasteiger partial charge >= 0.3 is 0 Å². The molecule has 0 radical (unpaired) electrons. The highest BCUT2D eigenvalue weighted by atomic mass is 31.2. The zero-order valence-corrected chi connectivity index (χ0v) is 30.7. The molecule has 0 saturated heterocycles. The van der Waals surface area contributed by atoms with Crippen LogP contribution in [0.15, 0.2) is 138 Å². The highest BCUT2D eigenvalue weighted by molar-refractivity contribution is 7.93. The van der Waals surface area contributed by atoms with Crippen molar-refractivity contribution in [3.8, 4) is 0 Å². The molecule has 0 heterocycles. The first-order chi connectivity index (χ1) is 21.5. The van der Waals surface area contributed by atoms with E-state index in [1.54, 1.807) is 0 Å². The van der Waals surface area contributed by atoms with Gasteiger partial charge in [-0.2, -0.15) is 0 Å². The van der Waals surface area contributed by atoms with Gasteiger partial charge in [-0.1, -0.05) is 172 Å². The van der Waals surface area contributed by atoms with E-state index in [9.17, 15) is 0 Å². The molecule has 0 aromatic heterocycles. The maximum Gasteiger partial charge on any atom is 0.247 e. The van der Waals surface area contributed by atoms with Crippen molar-refractivity contribution in [2.75, 3.05) is 0 Å². The average molecular weight is 646 g/mol. The molecular formula is C42H49NOP2. The molecule has 4 heteroatoms. The van der Waals surface area contributed by atoms with E-state index in [2.05, 4.69) is 135 Å². The Morgan fingerprint density at radius 2 is 0.630 bits per heavy atom. The third-order valence-corrected chi connectivity index (χ3v) is 16.0. The molecule has 46 heavy (non-hydrogen) atoms. The lowest BCUT2D eigenvalue weighted by Crippen LogP contribution is -2.28. The molecule has 0 bridgehead atoms. The molecule has 0 aliphatic heterocycles. The SMILES string of the molecule is CC(C)(C)c1ccc(P(=NP(=O)(c2ccccc2)c2ccccc2)(c2ccc(C(C)(C)C)cc2)c2ccc(C(C)(C)C)cc2)cc1. The minimum atomic E-state index is -3.50. The van der Waals surface area contributed by atoms with Gasteiger partial charge in [-0.3, -0.25) is 4.57 Å². The standard InChI is InChI=1S/C42H49NOP2/c1-40(2,3)32-20-26-35(27-21-32)45(36-28-22-33(23-29-36)41(4,5)6,37-30-24-34(25-31-37)42(7,8)9)43-46(44,38-16-12-10-13-17-38)39-18-14-11-15-19-39/h10-31H,1-9H3. The van der Waals surface area contributed by atoms with Crippen LogP contribution in [0.2, 0.25) is 0 Å². The summed E-state index contributed by atoms with van der Waals surface area (Å²) in [4.78, 5) is 0. The van der Waals surface area contributed by atoms with Crippen molar-refractivity contribution in [2.24, 2.45) is 4.52 Å². The summed E-state index contributed by atoms with van der Waals surface area (Å²) in [5.41, 5.74) is 3.79. The van der Waals surface area contributed by atoms with E-state index in [4.69, 9.17) is 4.52 Å². The van der Waals surface area contributed by atoms with Crippen molar-refractivity contribution in [2.45, 2.75) is 78.6 Å². The zero-order chi connectivity index (χ0) is 33.4. The summed E-state index contributed by atoms with van der Waals surface area (Å²) in [6.45, 7) is 20.2. The smallest absolute Gasteiger partial charge is 0.247 e. The molecule has 0 atom stereocenters. The minimum Gasteiger partial charge on any atom is -0.288 e. The van der Waals surface area contributed by atoms with Gasteiger partial charge in [0.15, 0.2) is 0 Å². The highest BCUT2D eigenvalue weighted by Crippen LogP contribution is 2.59. The van der Waals surface area contributed by atoms with Gasteiger partial charge < -0.3 is 0 Å². The van der Waals surface area contributed by atoms with E-state index in [0.29, 0.717) is 0 Å². The van der Waals surface area contributed by atoms with Gasteiger partial charge in [-0.15, -0.1) is 0 Å². The fraction of sp³-hybridized carbons (Fsp3) is 0.286. The van der Waals surface area contributed by atoms with Crippen LogP contribution in [0.4, 0.5) is 0 Å². The third kappa shape index (κ3) is 6.81. The van der Waals surface area contributed by atoms with Gasteiger partial charge in [-0.25, -0.2) is 4.52 Å². The largest absolute Gasteiger partial charge is 0.288 e. The highest BCUT2D eigenvalue weighted by Gasteiger charge is 2.36. The summed E-state index contributed by atoms with van der Waals surface area (Å²) in [6, 6.07) is 46.6. The van der Waals surface area contributed by atoms with Crippen molar-refractivity contribution in [1.82, 2.24) is 0 Å². The quantitative estimate of drug-likeness (QED) is 0.169. The number of nitrogens with zero attached hydrogens (tertiary/aromatic N) is 1. The van der Waals surface area contributed by atoms with Gasteiger partial charge in [0, 0.05) is 26.5 Å².